The minimum atomic E-state index is -0.170. The number of carbonyl (C=O) groups excluding carboxylic acids is 1. The first-order chi connectivity index (χ1) is 12.2. The van der Waals surface area contributed by atoms with E-state index in [0.29, 0.717) is 5.92 Å². The molecule has 7 heteroatoms. The molecule has 1 aliphatic heterocycles. The Balaban J connectivity index is 0.00000131. The van der Waals surface area contributed by atoms with Gasteiger partial charge in [-0.25, -0.2) is 4.98 Å². The number of nitrogens with one attached hydrogen (secondary N) is 3. The minimum Gasteiger partial charge on any atom is -0.345 e. The lowest BCUT2D eigenvalue weighted by molar-refractivity contribution is -0.127. The van der Waals surface area contributed by atoms with E-state index in [0.717, 1.165) is 35.2 Å². The molecule has 1 saturated heterocycles. The second-order valence-corrected chi connectivity index (χ2v) is 6.74. The van der Waals surface area contributed by atoms with Gasteiger partial charge in [0.05, 0.1) is 23.4 Å². The van der Waals surface area contributed by atoms with Gasteiger partial charge in [0.15, 0.2) is 0 Å². The summed E-state index contributed by atoms with van der Waals surface area (Å²) in [6, 6.07) is 16.0. The van der Waals surface area contributed by atoms with Gasteiger partial charge in [-0.3, -0.25) is 4.79 Å². The summed E-state index contributed by atoms with van der Waals surface area (Å²) in [5, 5.41) is 6.49. The SMILES string of the molecule is CC(C(=O)NC(c1ccccc1)c1ccc2nc[nH]c2c1)C1CNC1.Cl.Cl. The van der Waals surface area contributed by atoms with E-state index in [1.54, 1.807) is 6.33 Å². The molecule has 0 bridgehead atoms. The molecule has 2 aromatic carbocycles. The first kappa shape index (κ1) is 21.2. The summed E-state index contributed by atoms with van der Waals surface area (Å²) in [7, 11) is 0. The van der Waals surface area contributed by atoms with Crippen LogP contribution in [0.2, 0.25) is 0 Å². The maximum Gasteiger partial charge on any atom is 0.223 e. The zero-order chi connectivity index (χ0) is 17.2. The zero-order valence-corrected chi connectivity index (χ0v) is 16.6. The predicted molar refractivity (Wildman–Crippen MR) is 113 cm³/mol. The predicted octanol–water partition coefficient (Wildman–Crippen LogP) is 3.47. The van der Waals surface area contributed by atoms with Crippen LogP contribution in [-0.2, 0) is 4.79 Å². The van der Waals surface area contributed by atoms with E-state index in [1.807, 2.05) is 37.3 Å². The fourth-order valence-corrected chi connectivity index (χ4v) is 3.29. The number of benzene rings is 2. The Labute approximate surface area is 171 Å². The number of amides is 1. The molecule has 5 nitrogen and oxygen atoms in total. The second-order valence-electron chi connectivity index (χ2n) is 6.74. The van der Waals surface area contributed by atoms with Crippen molar-refractivity contribution >= 4 is 41.8 Å². The van der Waals surface area contributed by atoms with Crippen LogP contribution in [0.1, 0.15) is 24.1 Å². The van der Waals surface area contributed by atoms with E-state index in [2.05, 4.69) is 38.8 Å². The van der Waals surface area contributed by atoms with Crippen molar-refractivity contribution in [2.24, 2.45) is 11.8 Å². The number of rotatable bonds is 5. The fourth-order valence-electron chi connectivity index (χ4n) is 3.29. The van der Waals surface area contributed by atoms with Gasteiger partial charge in [-0.1, -0.05) is 43.3 Å². The van der Waals surface area contributed by atoms with E-state index >= 15 is 0 Å². The molecule has 144 valence electrons. The van der Waals surface area contributed by atoms with E-state index in [9.17, 15) is 4.79 Å². The Bertz CT molecular complexity index is 880. The third kappa shape index (κ3) is 4.43. The Kier molecular flexibility index (Phi) is 7.25. The summed E-state index contributed by atoms with van der Waals surface area (Å²) in [5.74, 6) is 0.528. The Morgan fingerprint density at radius 3 is 2.52 bits per heavy atom. The van der Waals surface area contributed by atoms with Gasteiger partial charge < -0.3 is 15.6 Å². The molecule has 0 aliphatic carbocycles. The molecule has 1 aromatic heterocycles. The number of carbonyl (C=O) groups is 1. The molecule has 0 spiro atoms. The van der Waals surface area contributed by atoms with Crippen molar-refractivity contribution in [1.29, 1.82) is 0 Å². The maximum absolute atomic E-state index is 12.8. The number of H-pyrrole nitrogens is 1. The summed E-state index contributed by atoms with van der Waals surface area (Å²) in [6.07, 6.45) is 1.69. The number of halogens is 2. The molecule has 3 aromatic rings. The molecule has 27 heavy (non-hydrogen) atoms. The highest BCUT2D eigenvalue weighted by Gasteiger charge is 2.30. The Morgan fingerprint density at radius 1 is 1.11 bits per heavy atom. The average molecular weight is 407 g/mol. The van der Waals surface area contributed by atoms with Gasteiger partial charge >= 0.3 is 0 Å². The molecule has 2 heterocycles. The van der Waals surface area contributed by atoms with Crippen molar-refractivity contribution in [3.63, 3.8) is 0 Å². The van der Waals surface area contributed by atoms with Crippen LogP contribution in [0.4, 0.5) is 0 Å². The molecule has 2 unspecified atom stereocenters. The number of aromatic amines is 1. The van der Waals surface area contributed by atoms with Gasteiger partial charge in [-0.05, 0) is 42.3 Å². The third-order valence-corrected chi connectivity index (χ3v) is 5.13. The molecular weight excluding hydrogens is 383 g/mol. The lowest BCUT2D eigenvalue weighted by Gasteiger charge is -2.33. The van der Waals surface area contributed by atoms with Gasteiger partial charge in [-0.2, -0.15) is 0 Å². The van der Waals surface area contributed by atoms with Crippen LogP contribution in [0.15, 0.2) is 54.9 Å². The number of nitrogens with zero attached hydrogens (tertiary/aromatic N) is 1. The average Bonchev–Trinajstić information content (AvgIpc) is 3.06. The van der Waals surface area contributed by atoms with Crippen molar-refractivity contribution in [3.8, 4) is 0 Å². The molecule has 1 aliphatic rings. The van der Waals surface area contributed by atoms with E-state index in [-0.39, 0.29) is 42.7 Å². The Morgan fingerprint density at radius 2 is 1.85 bits per heavy atom. The normalized spacial score (nSPS) is 15.7. The molecule has 2 atom stereocenters. The monoisotopic (exact) mass is 406 g/mol. The number of imidazole rings is 1. The van der Waals surface area contributed by atoms with Crippen molar-refractivity contribution in [3.05, 3.63) is 66.0 Å². The van der Waals surface area contributed by atoms with Crippen LogP contribution in [0.3, 0.4) is 0 Å². The first-order valence-electron chi connectivity index (χ1n) is 8.71. The fraction of sp³-hybridized carbons (Fsp3) is 0.300. The van der Waals surface area contributed by atoms with Crippen molar-refractivity contribution in [1.82, 2.24) is 20.6 Å². The van der Waals surface area contributed by atoms with Crippen LogP contribution in [-0.4, -0.2) is 29.0 Å². The molecule has 0 radical (unpaired) electrons. The first-order valence-corrected chi connectivity index (χ1v) is 8.71. The van der Waals surface area contributed by atoms with Crippen LogP contribution < -0.4 is 10.6 Å². The molecule has 1 fully saturated rings. The van der Waals surface area contributed by atoms with Gasteiger partial charge in [0.1, 0.15) is 0 Å². The topological polar surface area (TPSA) is 69.8 Å². The third-order valence-electron chi connectivity index (χ3n) is 5.13. The van der Waals surface area contributed by atoms with Crippen molar-refractivity contribution in [2.75, 3.05) is 13.1 Å². The standard InChI is InChI=1S/C20H22N4O.2ClH/c1-13(16-10-21-11-16)20(25)24-19(14-5-3-2-4-6-14)15-7-8-17-18(9-15)23-12-22-17;;/h2-9,12-13,16,19,21H,10-11H2,1H3,(H,22,23)(H,24,25);2*1H. The largest absolute Gasteiger partial charge is 0.345 e. The summed E-state index contributed by atoms with van der Waals surface area (Å²) >= 11 is 0. The quantitative estimate of drug-likeness (QED) is 0.607. The lowest BCUT2D eigenvalue weighted by Crippen LogP contribution is -2.50. The molecule has 4 rings (SSSR count). The molecular formula is C20H24Cl2N4O. The van der Waals surface area contributed by atoms with Crippen LogP contribution in [0.5, 0.6) is 0 Å². The number of fused-ring (bicyclic) bond motifs is 1. The van der Waals surface area contributed by atoms with Crippen molar-refractivity contribution < 1.29 is 4.79 Å². The summed E-state index contributed by atoms with van der Waals surface area (Å²) in [5.41, 5.74) is 4.03. The van der Waals surface area contributed by atoms with Gasteiger partial charge in [0, 0.05) is 5.92 Å². The van der Waals surface area contributed by atoms with Gasteiger partial charge in [0.2, 0.25) is 5.91 Å². The number of aromatic nitrogens is 2. The number of hydrogen-bond acceptors (Lipinski definition) is 3. The lowest BCUT2D eigenvalue weighted by atomic mass is 9.87. The second kappa shape index (κ2) is 9.22. The smallest absolute Gasteiger partial charge is 0.223 e. The van der Waals surface area contributed by atoms with Gasteiger partial charge in [0.25, 0.3) is 0 Å². The zero-order valence-electron chi connectivity index (χ0n) is 15.0. The van der Waals surface area contributed by atoms with Crippen LogP contribution in [0, 0.1) is 11.8 Å². The molecule has 0 saturated carbocycles. The van der Waals surface area contributed by atoms with Gasteiger partial charge in [-0.15, -0.1) is 24.8 Å². The van der Waals surface area contributed by atoms with E-state index in [4.69, 9.17) is 0 Å². The van der Waals surface area contributed by atoms with Crippen LogP contribution >= 0.6 is 24.8 Å². The highest BCUT2D eigenvalue weighted by Crippen LogP contribution is 2.26. The van der Waals surface area contributed by atoms with Crippen LogP contribution in [0.25, 0.3) is 11.0 Å². The summed E-state index contributed by atoms with van der Waals surface area (Å²) < 4.78 is 0. The molecule has 3 N–H and O–H groups in total. The van der Waals surface area contributed by atoms with E-state index in [1.165, 1.54) is 0 Å². The summed E-state index contributed by atoms with van der Waals surface area (Å²) in [4.78, 5) is 20.2. The number of hydrogen-bond donors (Lipinski definition) is 3. The Hall–Kier alpha value is -2.08. The maximum atomic E-state index is 12.8. The van der Waals surface area contributed by atoms with E-state index < -0.39 is 0 Å². The van der Waals surface area contributed by atoms with Crippen molar-refractivity contribution in [2.45, 2.75) is 13.0 Å². The highest BCUT2D eigenvalue weighted by molar-refractivity contribution is 5.85. The molecule has 1 amide bonds. The minimum absolute atomic E-state index is 0. The summed E-state index contributed by atoms with van der Waals surface area (Å²) in [6.45, 7) is 3.86. The highest BCUT2D eigenvalue weighted by atomic mass is 35.5.